The molecule has 0 saturated carbocycles. The van der Waals surface area contributed by atoms with Crippen LogP contribution in [-0.2, 0) is 17.8 Å². The first kappa shape index (κ1) is 16.0. The number of aliphatic hydroxyl groups excluding tert-OH is 1. The highest BCUT2D eigenvalue weighted by Gasteiger charge is 2.31. The van der Waals surface area contributed by atoms with Crippen molar-refractivity contribution in [1.82, 2.24) is 9.97 Å². The highest BCUT2D eigenvalue weighted by Crippen LogP contribution is 2.41. The molecule has 1 aliphatic rings. The van der Waals surface area contributed by atoms with Gasteiger partial charge in [-0.1, -0.05) is 11.8 Å². The van der Waals surface area contributed by atoms with Gasteiger partial charge in [0.1, 0.15) is 10.6 Å². The Bertz CT molecular complexity index is 698. The van der Waals surface area contributed by atoms with Crippen LogP contribution in [0.25, 0.3) is 10.2 Å². The molecular weight excluding hydrogens is 318 g/mol. The Morgan fingerprint density at radius 3 is 2.91 bits per heavy atom. The molecule has 7 heteroatoms. The molecular formula is C15H21N3O2S2. The van der Waals surface area contributed by atoms with Gasteiger partial charge >= 0.3 is 0 Å². The monoisotopic (exact) mass is 339 g/mol. The van der Waals surface area contributed by atoms with Crippen molar-refractivity contribution in [1.29, 1.82) is 0 Å². The minimum absolute atomic E-state index is 0.166. The van der Waals surface area contributed by atoms with Gasteiger partial charge in [0.2, 0.25) is 0 Å². The molecule has 1 aliphatic heterocycles. The molecule has 3 rings (SSSR count). The van der Waals surface area contributed by atoms with Crippen LogP contribution in [0.3, 0.4) is 0 Å². The average molecular weight is 339 g/mol. The third-order valence-corrected chi connectivity index (χ3v) is 5.30. The quantitative estimate of drug-likeness (QED) is 0.659. The third kappa shape index (κ3) is 3.08. The van der Waals surface area contributed by atoms with E-state index in [1.165, 1.54) is 22.2 Å². The minimum atomic E-state index is -0.419. The standard InChI is InChI=1S/C15H21N3O2S2/c1-8(19)6-16-12-11-9-5-15(2,3)20-7-10(9)22-13(11)18-14(17-12)21-4/h8,19H,5-7H2,1-4H3,(H,16,17,18)/t8-/m1/s1. The van der Waals surface area contributed by atoms with Gasteiger partial charge in [0, 0.05) is 17.8 Å². The molecule has 2 aromatic rings. The molecule has 22 heavy (non-hydrogen) atoms. The number of hydrogen-bond donors (Lipinski definition) is 2. The number of aromatic nitrogens is 2. The summed E-state index contributed by atoms with van der Waals surface area (Å²) in [5, 5.41) is 14.7. The number of fused-ring (bicyclic) bond motifs is 3. The van der Waals surface area contributed by atoms with E-state index >= 15 is 0 Å². The van der Waals surface area contributed by atoms with Crippen LogP contribution >= 0.6 is 23.1 Å². The lowest BCUT2D eigenvalue weighted by Gasteiger charge is -2.30. The lowest BCUT2D eigenvalue weighted by atomic mass is 9.94. The lowest BCUT2D eigenvalue weighted by molar-refractivity contribution is -0.0379. The Morgan fingerprint density at radius 2 is 2.23 bits per heavy atom. The Kier molecular flexibility index (Phi) is 4.33. The van der Waals surface area contributed by atoms with E-state index in [0.29, 0.717) is 13.2 Å². The van der Waals surface area contributed by atoms with Gasteiger partial charge in [-0.2, -0.15) is 0 Å². The van der Waals surface area contributed by atoms with Crippen molar-refractivity contribution in [3.8, 4) is 0 Å². The first-order chi connectivity index (χ1) is 10.4. The number of nitrogens with zero attached hydrogens (tertiary/aromatic N) is 2. The highest BCUT2D eigenvalue weighted by atomic mass is 32.2. The maximum absolute atomic E-state index is 9.56. The van der Waals surface area contributed by atoms with Gasteiger partial charge in [-0.25, -0.2) is 9.97 Å². The maximum atomic E-state index is 9.56. The van der Waals surface area contributed by atoms with Crippen LogP contribution in [-0.4, -0.2) is 39.6 Å². The van der Waals surface area contributed by atoms with Crippen molar-refractivity contribution in [3.63, 3.8) is 0 Å². The van der Waals surface area contributed by atoms with E-state index < -0.39 is 6.10 Å². The zero-order chi connectivity index (χ0) is 15.9. The first-order valence-electron chi connectivity index (χ1n) is 7.32. The second-order valence-electron chi connectivity index (χ2n) is 6.20. The zero-order valence-electron chi connectivity index (χ0n) is 13.3. The normalized spacial score (nSPS) is 18.2. The molecule has 2 aromatic heterocycles. The Labute approximate surface area is 138 Å². The Morgan fingerprint density at radius 1 is 1.45 bits per heavy atom. The van der Waals surface area contributed by atoms with Crippen LogP contribution in [0.1, 0.15) is 31.2 Å². The summed E-state index contributed by atoms with van der Waals surface area (Å²) in [6, 6.07) is 0. The van der Waals surface area contributed by atoms with Crippen molar-refractivity contribution < 1.29 is 9.84 Å². The minimum Gasteiger partial charge on any atom is -0.392 e. The molecule has 0 unspecified atom stereocenters. The van der Waals surface area contributed by atoms with Gasteiger partial charge in [-0.15, -0.1) is 11.3 Å². The van der Waals surface area contributed by atoms with Gasteiger partial charge in [0.05, 0.1) is 23.7 Å². The zero-order valence-corrected chi connectivity index (χ0v) is 14.9. The highest BCUT2D eigenvalue weighted by molar-refractivity contribution is 7.98. The summed E-state index contributed by atoms with van der Waals surface area (Å²) < 4.78 is 5.91. The summed E-state index contributed by atoms with van der Waals surface area (Å²) in [5.41, 5.74) is 1.12. The van der Waals surface area contributed by atoms with E-state index in [-0.39, 0.29) is 5.60 Å². The van der Waals surface area contributed by atoms with Crippen LogP contribution in [0.4, 0.5) is 5.82 Å². The maximum Gasteiger partial charge on any atom is 0.190 e. The number of thiophene rings is 1. The van der Waals surface area contributed by atoms with E-state index in [4.69, 9.17) is 4.74 Å². The van der Waals surface area contributed by atoms with Crippen LogP contribution in [0, 0.1) is 0 Å². The van der Waals surface area contributed by atoms with Crippen molar-refractivity contribution in [2.75, 3.05) is 18.1 Å². The van der Waals surface area contributed by atoms with E-state index in [9.17, 15) is 5.11 Å². The summed E-state index contributed by atoms with van der Waals surface area (Å²) >= 11 is 3.21. The second kappa shape index (κ2) is 5.96. The average Bonchev–Trinajstić information content (AvgIpc) is 2.81. The molecule has 5 nitrogen and oxygen atoms in total. The Balaban J connectivity index is 2.12. The molecule has 0 spiro atoms. The number of hydrogen-bond acceptors (Lipinski definition) is 7. The fraction of sp³-hybridized carbons (Fsp3) is 0.600. The largest absolute Gasteiger partial charge is 0.392 e. The smallest absolute Gasteiger partial charge is 0.190 e. The molecule has 120 valence electrons. The van der Waals surface area contributed by atoms with Crippen LogP contribution in [0.2, 0.25) is 0 Å². The summed E-state index contributed by atoms with van der Waals surface area (Å²) in [5.74, 6) is 0.824. The van der Waals surface area contributed by atoms with Gasteiger partial charge in [-0.05, 0) is 32.6 Å². The molecule has 0 amide bonds. The summed E-state index contributed by atoms with van der Waals surface area (Å²) in [6.07, 6.45) is 2.41. The summed E-state index contributed by atoms with van der Waals surface area (Å²) in [4.78, 5) is 11.5. The number of rotatable bonds is 4. The second-order valence-corrected chi connectivity index (χ2v) is 8.05. The molecule has 0 fully saturated rings. The molecule has 0 aromatic carbocycles. The summed E-state index contributed by atoms with van der Waals surface area (Å²) in [7, 11) is 0. The van der Waals surface area contributed by atoms with E-state index in [1.807, 2.05) is 6.26 Å². The van der Waals surface area contributed by atoms with Crippen LogP contribution in [0.15, 0.2) is 5.16 Å². The predicted octanol–water partition coefficient (Wildman–Crippen LogP) is 3.06. The molecule has 0 aliphatic carbocycles. The molecule has 0 bridgehead atoms. The molecule has 0 radical (unpaired) electrons. The fourth-order valence-corrected chi connectivity index (χ4v) is 4.11. The third-order valence-electron chi connectivity index (χ3n) is 3.66. The molecule has 2 N–H and O–H groups in total. The number of anilines is 1. The molecule has 3 heterocycles. The molecule has 1 atom stereocenters. The number of thioether (sulfide) groups is 1. The predicted molar refractivity (Wildman–Crippen MR) is 91.9 cm³/mol. The van der Waals surface area contributed by atoms with Gasteiger partial charge < -0.3 is 15.2 Å². The summed E-state index contributed by atoms with van der Waals surface area (Å²) in [6.45, 7) is 7.10. The van der Waals surface area contributed by atoms with Crippen molar-refractivity contribution in [2.45, 2.75) is 50.7 Å². The van der Waals surface area contributed by atoms with Crippen molar-refractivity contribution in [2.24, 2.45) is 0 Å². The molecule has 0 saturated heterocycles. The Hall–Kier alpha value is -0.890. The van der Waals surface area contributed by atoms with Crippen LogP contribution in [0.5, 0.6) is 0 Å². The van der Waals surface area contributed by atoms with Crippen molar-refractivity contribution in [3.05, 3.63) is 10.4 Å². The lowest BCUT2D eigenvalue weighted by Crippen LogP contribution is -2.31. The van der Waals surface area contributed by atoms with Crippen molar-refractivity contribution >= 4 is 39.1 Å². The number of ether oxygens (including phenoxy) is 1. The van der Waals surface area contributed by atoms with Crippen LogP contribution < -0.4 is 5.32 Å². The van der Waals surface area contributed by atoms with Gasteiger partial charge in [-0.3, -0.25) is 0 Å². The first-order valence-corrected chi connectivity index (χ1v) is 9.36. The van der Waals surface area contributed by atoms with Gasteiger partial charge in [0.25, 0.3) is 0 Å². The fourth-order valence-electron chi connectivity index (χ4n) is 2.59. The van der Waals surface area contributed by atoms with Gasteiger partial charge in [0.15, 0.2) is 5.16 Å². The number of aliphatic hydroxyl groups is 1. The SMILES string of the molecule is CSc1nc(NC[C@@H](C)O)c2c3c(sc2n1)COC(C)(C)C3. The number of nitrogens with one attached hydrogen (secondary N) is 1. The van der Waals surface area contributed by atoms with E-state index in [0.717, 1.165) is 27.6 Å². The topological polar surface area (TPSA) is 67.3 Å². The van der Waals surface area contributed by atoms with E-state index in [2.05, 4.69) is 29.1 Å². The van der Waals surface area contributed by atoms with E-state index in [1.54, 1.807) is 18.3 Å².